The van der Waals surface area contributed by atoms with Crippen molar-refractivity contribution in [1.29, 1.82) is 0 Å². The van der Waals surface area contributed by atoms with Crippen molar-refractivity contribution in [3.63, 3.8) is 0 Å². The molecule has 0 aliphatic carbocycles. The number of carbonyl (C=O) groups excluding carboxylic acids is 1. The lowest BCUT2D eigenvalue weighted by molar-refractivity contribution is 0.00534. The zero-order valence-electron chi connectivity index (χ0n) is 17.3. The van der Waals surface area contributed by atoms with Crippen LogP contribution in [0, 0.1) is 5.82 Å². The Balaban J connectivity index is 1.59. The lowest BCUT2D eigenvalue weighted by Gasteiger charge is -2.33. The summed E-state index contributed by atoms with van der Waals surface area (Å²) in [6.45, 7) is 0. The number of hydrogen-bond acceptors (Lipinski definition) is 6. The van der Waals surface area contributed by atoms with Crippen LogP contribution >= 0.6 is 15.9 Å². The van der Waals surface area contributed by atoms with E-state index < -0.39 is 34.1 Å². The fraction of sp³-hybridized carbons (Fsp3) is 0.174. The Kier molecular flexibility index (Phi) is 6.57. The minimum absolute atomic E-state index is 0.264. The minimum Gasteiger partial charge on any atom is -0.497 e. The van der Waals surface area contributed by atoms with Gasteiger partial charge in [-0.3, -0.25) is 0 Å². The molecular formula is C23H19BrFNO6S. The summed E-state index contributed by atoms with van der Waals surface area (Å²) in [6.07, 6.45) is -2.41. The lowest BCUT2D eigenvalue weighted by Crippen LogP contribution is -2.39. The summed E-state index contributed by atoms with van der Waals surface area (Å²) in [5, 5.41) is 0. The summed E-state index contributed by atoms with van der Waals surface area (Å²) in [6, 6.07) is 16.7. The molecule has 1 aliphatic heterocycles. The van der Waals surface area contributed by atoms with Gasteiger partial charge >= 0.3 is 6.09 Å². The second-order valence-electron chi connectivity index (χ2n) is 7.27. The maximum Gasteiger partial charge on any atom is 0.421 e. The Labute approximate surface area is 198 Å². The van der Waals surface area contributed by atoms with Crippen LogP contribution in [-0.4, -0.2) is 27.7 Å². The fourth-order valence-electron chi connectivity index (χ4n) is 3.51. The summed E-state index contributed by atoms with van der Waals surface area (Å²) in [5.41, 5.74) is 1.49. The maximum atomic E-state index is 13.1. The first-order valence-corrected chi connectivity index (χ1v) is 12.1. The molecule has 0 saturated carbocycles. The Hall–Kier alpha value is -3.11. The van der Waals surface area contributed by atoms with E-state index in [0.29, 0.717) is 23.5 Å². The normalized spacial score (nSPS) is 17.4. The number of rotatable bonds is 5. The number of fused-ring (bicyclic) bond motifs is 1. The van der Waals surface area contributed by atoms with Crippen molar-refractivity contribution in [1.82, 2.24) is 4.72 Å². The molecule has 3 aromatic carbocycles. The van der Waals surface area contributed by atoms with E-state index in [1.807, 2.05) is 22.9 Å². The zero-order chi connectivity index (χ0) is 23.6. The van der Waals surface area contributed by atoms with Crippen LogP contribution in [0.1, 0.15) is 17.2 Å². The van der Waals surface area contributed by atoms with Crippen LogP contribution in [0.3, 0.4) is 0 Å². The van der Waals surface area contributed by atoms with E-state index in [4.69, 9.17) is 14.2 Å². The molecule has 0 bridgehead atoms. The Morgan fingerprint density at radius 1 is 1.12 bits per heavy atom. The van der Waals surface area contributed by atoms with E-state index >= 15 is 0 Å². The van der Waals surface area contributed by atoms with E-state index in [0.717, 1.165) is 34.3 Å². The lowest BCUT2D eigenvalue weighted by atomic mass is 9.94. The van der Waals surface area contributed by atoms with E-state index in [2.05, 4.69) is 15.9 Å². The summed E-state index contributed by atoms with van der Waals surface area (Å²) in [4.78, 5) is 12.3. The fourth-order valence-corrected chi connectivity index (χ4v) is 4.80. The summed E-state index contributed by atoms with van der Waals surface area (Å²) < 4.78 is 57.7. The Morgan fingerprint density at radius 2 is 1.88 bits per heavy atom. The highest BCUT2D eigenvalue weighted by atomic mass is 79.9. The van der Waals surface area contributed by atoms with E-state index in [-0.39, 0.29) is 4.90 Å². The van der Waals surface area contributed by atoms with Gasteiger partial charge in [0.05, 0.1) is 12.0 Å². The van der Waals surface area contributed by atoms with Gasteiger partial charge in [-0.15, -0.1) is 0 Å². The number of halogens is 2. The van der Waals surface area contributed by atoms with Crippen LogP contribution in [0.25, 0.3) is 0 Å². The van der Waals surface area contributed by atoms with Crippen molar-refractivity contribution in [2.75, 3.05) is 7.11 Å². The van der Waals surface area contributed by atoms with Gasteiger partial charge in [-0.05, 0) is 65.7 Å². The molecule has 172 valence electrons. The molecule has 0 fully saturated rings. The van der Waals surface area contributed by atoms with Crippen molar-refractivity contribution >= 4 is 32.0 Å². The number of nitrogens with one attached hydrogen (secondary N) is 1. The summed E-state index contributed by atoms with van der Waals surface area (Å²) >= 11 is 3.41. The number of carbonyl (C=O) groups is 1. The molecule has 33 heavy (non-hydrogen) atoms. The highest BCUT2D eigenvalue weighted by Crippen LogP contribution is 2.38. The van der Waals surface area contributed by atoms with Crippen LogP contribution in [0.2, 0.25) is 0 Å². The quantitative estimate of drug-likeness (QED) is 0.506. The first-order valence-electron chi connectivity index (χ1n) is 9.83. The maximum absolute atomic E-state index is 13.1. The van der Waals surface area contributed by atoms with Gasteiger partial charge in [-0.25, -0.2) is 22.3 Å². The molecule has 0 aromatic heterocycles. The molecule has 1 amide bonds. The van der Waals surface area contributed by atoms with Crippen molar-refractivity contribution in [3.05, 3.63) is 88.1 Å². The first kappa shape index (κ1) is 23.1. The van der Waals surface area contributed by atoms with Crippen molar-refractivity contribution in [2.45, 2.75) is 23.5 Å². The van der Waals surface area contributed by atoms with Crippen molar-refractivity contribution < 1.29 is 31.8 Å². The SMILES string of the molecule is COc1cccc([C@@H]2Oc3ccc(Br)cc3C[C@H]2OC(=O)NS(=O)(=O)c2ccc(F)cc2)c1. The highest BCUT2D eigenvalue weighted by Gasteiger charge is 2.35. The molecule has 1 N–H and O–H groups in total. The molecule has 0 spiro atoms. The van der Waals surface area contributed by atoms with Crippen molar-refractivity contribution in [3.8, 4) is 11.5 Å². The van der Waals surface area contributed by atoms with Gasteiger partial charge in [0.1, 0.15) is 23.4 Å². The third kappa shape index (κ3) is 5.28. The van der Waals surface area contributed by atoms with Crippen LogP contribution in [-0.2, 0) is 21.2 Å². The minimum atomic E-state index is -4.25. The average Bonchev–Trinajstić information content (AvgIpc) is 2.78. The molecule has 0 radical (unpaired) electrons. The van der Waals surface area contributed by atoms with Gasteiger partial charge < -0.3 is 14.2 Å². The van der Waals surface area contributed by atoms with E-state index in [1.165, 1.54) is 7.11 Å². The van der Waals surface area contributed by atoms with Gasteiger partial charge in [0.15, 0.2) is 6.10 Å². The molecule has 3 aromatic rings. The van der Waals surface area contributed by atoms with Crippen molar-refractivity contribution in [2.24, 2.45) is 0 Å². The number of amides is 1. The molecular weight excluding hydrogens is 517 g/mol. The van der Waals surface area contributed by atoms with Crippen LogP contribution < -0.4 is 14.2 Å². The smallest absolute Gasteiger partial charge is 0.421 e. The molecule has 10 heteroatoms. The molecule has 0 saturated heterocycles. The molecule has 1 heterocycles. The number of hydrogen-bond donors (Lipinski definition) is 1. The second kappa shape index (κ2) is 9.40. The van der Waals surface area contributed by atoms with Gasteiger partial charge in [0.25, 0.3) is 10.0 Å². The van der Waals surface area contributed by atoms with Gasteiger partial charge in [-0.2, -0.15) is 0 Å². The van der Waals surface area contributed by atoms with Gasteiger partial charge in [0.2, 0.25) is 0 Å². The third-order valence-corrected chi connectivity index (χ3v) is 6.88. The zero-order valence-corrected chi connectivity index (χ0v) is 19.7. The largest absolute Gasteiger partial charge is 0.497 e. The highest BCUT2D eigenvalue weighted by molar-refractivity contribution is 9.10. The van der Waals surface area contributed by atoms with Gasteiger partial charge in [0, 0.05) is 10.9 Å². The van der Waals surface area contributed by atoms with Gasteiger partial charge in [-0.1, -0.05) is 28.1 Å². The van der Waals surface area contributed by atoms with E-state index in [9.17, 15) is 17.6 Å². The van der Waals surface area contributed by atoms with E-state index in [1.54, 1.807) is 24.3 Å². The Morgan fingerprint density at radius 3 is 2.61 bits per heavy atom. The van der Waals surface area contributed by atoms with Crippen LogP contribution in [0.5, 0.6) is 11.5 Å². The van der Waals surface area contributed by atoms with Crippen LogP contribution in [0.4, 0.5) is 9.18 Å². The molecule has 0 unspecified atom stereocenters. The number of sulfonamides is 1. The molecule has 7 nitrogen and oxygen atoms in total. The predicted molar refractivity (Wildman–Crippen MR) is 121 cm³/mol. The summed E-state index contributed by atoms with van der Waals surface area (Å²) in [5.74, 6) is 0.631. The monoisotopic (exact) mass is 535 g/mol. The Bertz CT molecular complexity index is 1280. The predicted octanol–water partition coefficient (Wildman–Crippen LogP) is 4.76. The third-order valence-electron chi connectivity index (χ3n) is 5.06. The number of ether oxygens (including phenoxy) is 3. The standard InChI is InChI=1S/C23H19BrFNO6S/c1-30-18-4-2-3-14(12-18)22-21(13-15-11-16(24)5-10-20(15)31-22)32-23(27)26-33(28,29)19-8-6-17(25)7-9-19/h2-12,21-22H,13H2,1H3,(H,26,27)/t21-,22+/m1/s1. The topological polar surface area (TPSA) is 90.9 Å². The number of methoxy groups -OCH3 is 1. The second-order valence-corrected chi connectivity index (χ2v) is 9.87. The summed E-state index contributed by atoms with van der Waals surface area (Å²) in [7, 11) is -2.71. The first-order chi connectivity index (χ1) is 15.7. The molecule has 1 aliphatic rings. The number of benzene rings is 3. The van der Waals surface area contributed by atoms with Crippen LogP contribution in [0.15, 0.2) is 76.1 Å². The average molecular weight is 536 g/mol. The molecule has 2 atom stereocenters. The molecule has 4 rings (SSSR count).